The Hall–Kier alpha value is -4.22. The van der Waals surface area contributed by atoms with Gasteiger partial charge in [-0.05, 0) is 55.0 Å². The molecule has 1 aromatic heterocycles. The molecular formula is C28H27FN2O7S. The zero-order valence-corrected chi connectivity index (χ0v) is 22.3. The highest BCUT2D eigenvalue weighted by molar-refractivity contribution is 7.92. The number of hydrogen-bond donors (Lipinski definition) is 2. The average molecular weight is 555 g/mol. The van der Waals surface area contributed by atoms with Gasteiger partial charge < -0.3 is 19.6 Å². The van der Waals surface area contributed by atoms with Gasteiger partial charge in [-0.25, -0.2) is 17.6 Å². The molecule has 0 saturated heterocycles. The van der Waals surface area contributed by atoms with Crippen molar-refractivity contribution >= 4 is 38.6 Å². The van der Waals surface area contributed by atoms with E-state index in [1.165, 1.54) is 37.4 Å². The van der Waals surface area contributed by atoms with E-state index in [2.05, 4.69) is 5.32 Å². The number of anilines is 1. The largest absolute Gasteiger partial charge is 0.462 e. The number of amides is 1. The molecule has 0 radical (unpaired) electrons. The second-order valence-electron chi connectivity index (χ2n) is 8.62. The van der Waals surface area contributed by atoms with E-state index >= 15 is 0 Å². The molecule has 0 atom stereocenters. The Balaban J connectivity index is 2.07. The molecule has 11 heteroatoms. The molecule has 0 saturated carbocycles. The number of nitrogens with one attached hydrogen (secondary N) is 1. The standard InChI is InChI=1S/C28H27FN2O7S/c1-4-37-28(34)19-7-5-6-18(14-19)21-15-22-24(16-23(21)31(12-13-32)39(3,35)36)38-26(25(22)27(33)30-2)17-8-10-20(29)11-9-17/h5-11,14-16,32H,4,12-13H2,1-3H3,(H,30,33). The van der Waals surface area contributed by atoms with Crippen molar-refractivity contribution in [3.05, 3.63) is 77.6 Å². The fraction of sp³-hybridized carbons (Fsp3) is 0.214. The summed E-state index contributed by atoms with van der Waals surface area (Å²) in [5.41, 5.74) is 2.05. The molecule has 0 aliphatic heterocycles. The predicted octanol–water partition coefficient (Wildman–Crippen LogP) is 4.20. The van der Waals surface area contributed by atoms with Gasteiger partial charge in [0, 0.05) is 29.6 Å². The van der Waals surface area contributed by atoms with Crippen LogP contribution in [0, 0.1) is 5.82 Å². The summed E-state index contributed by atoms with van der Waals surface area (Å²) >= 11 is 0. The monoisotopic (exact) mass is 554 g/mol. The summed E-state index contributed by atoms with van der Waals surface area (Å²) in [6.07, 6.45) is 1.01. The Kier molecular flexibility index (Phi) is 8.03. The molecule has 4 aromatic rings. The number of carbonyl (C=O) groups excluding carboxylic acids is 2. The molecule has 1 amide bonds. The fourth-order valence-corrected chi connectivity index (χ4v) is 5.23. The first kappa shape index (κ1) is 27.8. The van der Waals surface area contributed by atoms with Crippen LogP contribution in [0.15, 0.2) is 65.1 Å². The van der Waals surface area contributed by atoms with Gasteiger partial charge in [0.05, 0.1) is 42.8 Å². The van der Waals surface area contributed by atoms with E-state index in [4.69, 9.17) is 9.15 Å². The Morgan fingerprint density at radius 1 is 1.08 bits per heavy atom. The molecule has 0 bridgehead atoms. The van der Waals surface area contributed by atoms with Crippen LogP contribution < -0.4 is 9.62 Å². The van der Waals surface area contributed by atoms with E-state index in [1.54, 1.807) is 37.3 Å². The van der Waals surface area contributed by atoms with Gasteiger partial charge in [-0.3, -0.25) is 9.10 Å². The lowest BCUT2D eigenvalue weighted by atomic mass is 9.97. The van der Waals surface area contributed by atoms with Crippen LogP contribution >= 0.6 is 0 Å². The molecule has 4 rings (SSSR count). The fourth-order valence-electron chi connectivity index (χ4n) is 4.31. The van der Waals surface area contributed by atoms with E-state index < -0.39 is 34.3 Å². The number of aliphatic hydroxyl groups is 1. The SMILES string of the molecule is CCOC(=O)c1cccc(-c2cc3c(C(=O)NC)c(-c4ccc(F)cc4)oc3cc2N(CCO)S(C)(=O)=O)c1. The van der Waals surface area contributed by atoms with E-state index in [0.29, 0.717) is 22.1 Å². The number of aliphatic hydroxyl groups excluding tert-OH is 1. The van der Waals surface area contributed by atoms with Crippen LogP contribution in [0.25, 0.3) is 33.4 Å². The smallest absolute Gasteiger partial charge is 0.338 e. The molecule has 2 N–H and O–H groups in total. The number of esters is 1. The quantitative estimate of drug-likeness (QED) is 0.297. The molecular weight excluding hydrogens is 527 g/mol. The number of ether oxygens (including phenoxy) is 1. The van der Waals surface area contributed by atoms with Crippen molar-refractivity contribution in [3.63, 3.8) is 0 Å². The molecule has 0 fully saturated rings. The summed E-state index contributed by atoms with van der Waals surface area (Å²) in [7, 11) is -2.42. The first-order valence-electron chi connectivity index (χ1n) is 12.0. The summed E-state index contributed by atoms with van der Waals surface area (Å²) in [5, 5.41) is 12.6. The minimum atomic E-state index is -3.88. The average Bonchev–Trinajstić information content (AvgIpc) is 3.29. The molecule has 0 aliphatic rings. The van der Waals surface area contributed by atoms with Gasteiger partial charge in [0.15, 0.2) is 0 Å². The van der Waals surface area contributed by atoms with Crippen molar-refractivity contribution in [2.45, 2.75) is 6.92 Å². The van der Waals surface area contributed by atoms with Gasteiger partial charge in [0.25, 0.3) is 5.91 Å². The summed E-state index contributed by atoms with van der Waals surface area (Å²) in [5.74, 6) is -1.32. The Morgan fingerprint density at radius 2 is 1.79 bits per heavy atom. The topological polar surface area (TPSA) is 126 Å². The number of furan rings is 1. The normalized spacial score (nSPS) is 11.4. The van der Waals surface area contributed by atoms with Crippen LogP contribution in [0.4, 0.5) is 10.1 Å². The molecule has 0 unspecified atom stereocenters. The Morgan fingerprint density at radius 3 is 2.41 bits per heavy atom. The third-order valence-corrected chi connectivity index (χ3v) is 7.20. The Labute approximate surface area is 224 Å². The summed E-state index contributed by atoms with van der Waals surface area (Å²) in [6, 6.07) is 14.9. The molecule has 0 spiro atoms. The van der Waals surface area contributed by atoms with Crippen LogP contribution in [0.1, 0.15) is 27.6 Å². The van der Waals surface area contributed by atoms with Crippen LogP contribution in [-0.2, 0) is 14.8 Å². The summed E-state index contributed by atoms with van der Waals surface area (Å²) in [4.78, 5) is 25.5. The van der Waals surface area contributed by atoms with Crippen molar-refractivity contribution in [2.75, 3.05) is 37.4 Å². The first-order valence-corrected chi connectivity index (χ1v) is 13.9. The second-order valence-corrected chi connectivity index (χ2v) is 10.5. The van der Waals surface area contributed by atoms with Crippen LogP contribution in [0.3, 0.4) is 0 Å². The molecule has 1 heterocycles. The third-order valence-electron chi connectivity index (χ3n) is 6.02. The first-order chi connectivity index (χ1) is 18.6. The van der Waals surface area contributed by atoms with Crippen molar-refractivity contribution in [1.29, 1.82) is 0 Å². The second kappa shape index (κ2) is 11.3. The highest BCUT2D eigenvalue weighted by Crippen LogP contribution is 2.41. The van der Waals surface area contributed by atoms with Gasteiger partial charge >= 0.3 is 5.97 Å². The molecule has 204 valence electrons. The van der Waals surface area contributed by atoms with Gasteiger partial charge in [0.2, 0.25) is 10.0 Å². The number of nitrogens with zero attached hydrogens (tertiary/aromatic N) is 1. The minimum Gasteiger partial charge on any atom is -0.462 e. The van der Waals surface area contributed by atoms with Gasteiger partial charge in [-0.15, -0.1) is 0 Å². The van der Waals surface area contributed by atoms with Crippen LogP contribution in [-0.4, -0.2) is 58.5 Å². The molecule has 9 nitrogen and oxygen atoms in total. The highest BCUT2D eigenvalue weighted by atomic mass is 32.2. The summed E-state index contributed by atoms with van der Waals surface area (Å²) < 4.78 is 51.4. The van der Waals surface area contributed by atoms with Gasteiger partial charge in [-0.1, -0.05) is 12.1 Å². The number of rotatable bonds is 9. The maximum atomic E-state index is 13.6. The van der Waals surface area contributed by atoms with E-state index in [9.17, 15) is 27.5 Å². The van der Waals surface area contributed by atoms with Crippen LogP contribution in [0.5, 0.6) is 0 Å². The lowest BCUT2D eigenvalue weighted by Gasteiger charge is -2.24. The zero-order chi connectivity index (χ0) is 28.3. The number of halogens is 1. The van der Waals surface area contributed by atoms with Crippen molar-refractivity contribution < 1.29 is 36.7 Å². The zero-order valence-electron chi connectivity index (χ0n) is 21.5. The maximum absolute atomic E-state index is 13.6. The highest BCUT2D eigenvalue weighted by Gasteiger charge is 2.27. The predicted molar refractivity (Wildman–Crippen MR) is 146 cm³/mol. The number of carbonyl (C=O) groups is 2. The minimum absolute atomic E-state index is 0.167. The molecule has 39 heavy (non-hydrogen) atoms. The number of fused-ring (bicyclic) bond motifs is 1. The van der Waals surface area contributed by atoms with Crippen molar-refractivity contribution in [3.8, 4) is 22.5 Å². The van der Waals surface area contributed by atoms with Crippen molar-refractivity contribution in [2.24, 2.45) is 0 Å². The van der Waals surface area contributed by atoms with Crippen molar-refractivity contribution in [1.82, 2.24) is 5.32 Å². The lowest BCUT2D eigenvalue weighted by molar-refractivity contribution is 0.0526. The number of benzene rings is 3. The van der Waals surface area contributed by atoms with E-state index in [0.717, 1.165) is 10.6 Å². The lowest BCUT2D eigenvalue weighted by Crippen LogP contribution is -2.33. The maximum Gasteiger partial charge on any atom is 0.338 e. The third kappa shape index (κ3) is 5.64. The van der Waals surface area contributed by atoms with Crippen LogP contribution in [0.2, 0.25) is 0 Å². The molecule has 3 aromatic carbocycles. The van der Waals surface area contributed by atoms with E-state index in [-0.39, 0.29) is 41.3 Å². The number of hydrogen-bond acceptors (Lipinski definition) is 7. The summed E-state index contributed by atoms with van der Waals surface area (Å²) in [6.45, 7) is 1.15. The van der Waals surface area contributed by atoms with E-state index in [1.807, 2.05) is 0 Å². The Bertz CT molecular complexity index is 1650. The van der Waals surface area contributed by atoms with Gasteiger partial charge in [-0.2, -0.15) is 0 Å². The number of sulfonamides is 1. The molecule has 0 aliphatic carbocycles. The van der Waals surface area contributed by atoms with Gasteiger partial charge in [0.1, 0.15) is 17.2 Å².